The Bertz CT molecular complexity index is 1140. The van der Waals surface area contributed by atoms with E-state index in [9.17, 15) is 13.2 Å². The van der Waals surface area contributed by atoms with Crippen molar-refractivity contribution in [1.82, 2.24) is 8.96 Å². The summed E-state index contributed by atoms with van der Waals surface area (Å²) in [7, 11) is -3.99. The van der Waals surface area contributed by atoms with Gasteiger partial charge in [0.15, 0.2) is 5.65 Å². The number of amides is 1. The summed E-state index contributed by atoms with van der Waals surface area (Å²) < 4.78 is 27.1. The van der Waals surface area contributed by atoms with Crippen LogP contribution in [0, 0.1) is 11.8 Å². The lowest BCUT2D eigenvalue weighted by Gasteiger charge is -2.09. The Morgan fingerprint density at radius 2 is 1.96 bits per heavy atom. The van der Waals surface area contributed by atoms with E-state index in [1.165, 1.54) is 30.5 Å². The van der Waals surface area contributed by atoms with E-state index in [1.807, 2.05) is 0 Å². The smallest absolute Gasteiger partial charge is 0.409 e. The molecule has 3 rings (SSSR count). The highest BCUT2D eigenvalue weighted by atomic mass is 32.2. The number of rotatable bonds is 3. The molecule has 0 saturated heterocycles. The summed E-state index contributed by atoms with van der Waals surface area (Å²) in [4.78, 5) is 14.9. The van der Waals surface area contributed by atoms with Crippen molar-refractivity contribution in [3.05, 3.63) is 54.4 Å². The summed E-state index contributed by atoms with van der Waals surface area (Å²) in [6, 6.07) is 10.7. The normalized spacial score (nSPS) is 11.0. The quantitative estimate of drug-likeness (QED) is 0.603. The number of aliphatic hydroxyl groups excluding tert-OH is 1. The second-order valence-electron chi connectivity index (χ2n) is 5.14. The highest BCUT2D eigenvalue weighted by Gasteiger charge is 2.23. The van der Waals surface area contributed by atoms with Crippen LogP contribution in [0.3, 0.4) is 0 Å². The lowest BCUT2D eigenvalue weighted by molar-refractivity contribution is 0.209. The fraction of sp³-hybridized carbons (Fsp3) is 0.0588. The van der Waals surface area contributed by atoms with Crippen LogP contribution in [0.25, 0.3) is 11.0 Å². The summed E-state index contributed by atoms with van der Waals surface area (Å²) in [6.45, 7) is -0.438. The summed E-state index contributed by atoms with van der Waals surface area (Å²) in [6.07, 6.45) is -0.0423. The van der Waals surface area contributed by atoms with Gasteiger partial charge in [-0.05, 0) is 30.2 Å². The Morgan fingerprint density at radius 3 is 2.62 bits per heavy atom. The van der Waals surface area contributed by atoms with E-state index < -0.39 is 22.7 Å². The Morgan fingerprint density at radius 1 is 1.23 bits per heavy atom. The first-order chi connectivity index (χ1) is 12.4. The Balaban J connectivity index is 2.27. The molecule has 0 unspecified atom stereocenters. The minimum Gasteiger partial charge on any atom is -0.465 e. The number of nitrogens with zero attached hydrogens (tertiary/aromatic N) is 2. The molecule has 26 heavy (non-hydrogen) atoms. The SMILES string of the molecule is O=C(O)Nc1cnc2c(c1)cc(C#CCO)n2S(=O)(=O)c1ccccc1. The maximum absolute atomic E-state index is 13.0. The monoisotopic (exact) mass is 371 g/mol. The Labute approximate surface area is 148 Å². The van der Waals surface area contributed by atoms with Crippen LogP contribution in [0.1, 0.15) is 5.69 Å². The van der Waals surface area contributed by atoms with Gasteiger partial charge in [0.05, 0.1) is 16.8 Å². The fourth-order valence-electron chi connectivity index (χ4n) is 2.42. The highest BCUT2D eigenvalue weighted by molar-refractivity contribution is 7.90. The number of hydrogen-bond donors (Lipinski definition) is 3. The first-order valence-electron chi connectivity index (χ1n) is 7.35. The standard InChI is InChI=1S/C17H13N3O5S/c21-8-4-5-14-10-12-9-13(19-17(22)23)11-18-16(12)20(14)26(24,25)15-6-2-1-3-7-15/h1-3,6-7,9-11,19,21H,8H2,(H,22,23). The van der Waals surface area contributed by atoms with Crippen LogP contribution in [0.15, 0.2) is 53.6 Å². The minimum absolute atomic E-state index is 0.0547. The van der Waals surface area contributed by atoms with Gasteiger partial charge in [0.2, 0.25) is 0 Å². The van der Waals surface area contributed by atoms with Gasteiger partial charge in [-0.3, -0.25) is 5.32 Å². The predicted octanol–water partition coefficient (Wildman–Crippen LogP) is 1.71. The summed E-state index contributed by atoms with van der Waals surface area (Å²) >= 11 is 0. The number of carbonyl (C=O) groups is 1. The molecule has 3 aromatic rings. The number of aliphatic hydroxyl groups is 1. The number of fused-ring (bicyclic) bond motifs is 1. The average molecular weight is 371 g/mol. The molecule has 8 nitrogen and oxygen atoms in total. The van der Waals surface area contributed by atoms with Crippen molar-refractivity contribution < 1.29 is 23.4 Å². The number of anilines is 1. The molecule has 0 aliphatic rings. The summed E-state index contributed by atoms with van der Waals surface area (Å²) in [5, 5.41) is 20.3. The second kappa shape index (κ2) is 6.87. The molecule has 0 spiro atoms. The van der Waals surface area contributed by atoms with Gasteiger partial charge >= 0.3 is 6.09 Å². The zero-order valence-electron chi connectivity index (χ0n) is 13.2. The summed E-state index contributed by atoms with van der Waals surface area (Å²) in [5.41, 5.74) is 0.408. The second-order valence-corrected chi connectivity index (χ2v) is 6.93. The molecule has 132 valence electrons. The van der Waals surface area contributed by atoms with Crippen molar-refractivity contribution in [2.24, 2.45) is 0 Å². The van der Waals surface area contributed by atoms with Crippen LogP contribution in [-0.2, 0) is 10.0 Å². The third kappa shape index (κ3) is 3.23. The molecule has 0 fully saturated rings. The van der Waals surface area contributed by atoms with E-state index in [-0.39, 0.29) is 21.9 Å². The zero-order chi connectivity index (χ0) is 18.7. The third-order valence-corrected chi connectivity index (χ3v) is 5.14. The lowest BCUT2D eigenvalue weighted by Crippen LogP contribution is -2.15. The van der Waals surface area contributed by atoms with Gasteiger partial charge in [0.1, 0.15) is 12.3 Å². The third-order valence-electron chi connectivity index (χ3n) is 3.43. The van der Waals surface area contributed by atoms with Gasteiger partial charge in [-0.1, -0.05) is 24.1 Å². The largest absolute Gasteiger partial charge is 0.465 e. The van der Waals surface area contributed by atoms with E-state index in [0.29, 0.717) is 5.39 Å². The molecule has 0 radical (unpaired) electrons. The Hall–Kier alpha value is -3.35. The molecule has 2 aromatic heterocycles. The topological polar surface area (TPSA) is 122 Å². The van der Waals surface area contributed by atoms with Gasteiger partial charge in [-0.25, -0.2) is 22.2 Å². The van der Waals surface area contributed by atoms with E-state index in [2.05, 4.69) is 22.1 Å². The minimum atomic E-state index is -3.99. The fourth-order valence-corrected chi connectivity index (χ4v) is 3.87. The molecule has 0 aliphatic carbocycles. The molecule has 0 bridgehead atoms. The number of benzene rings is 1. The van der Waals surface area contributed by atoms with Gasteiger partial charge in [0.25, 0.3) is 10.0 Å². The molecule has 9 heteroatoms. The van der Waals surface area contributed by atoms with E-state index in [1.54, 1.807) is 18.2 Å². The van der Waals surface area contributed by atoms with Crippen molar-refractivity contribution in [3.63, 3.8) is 0 Å². The van der Waals surface area contributed by atoms with Crippen molar-refractivity contribution >= 4 is 32.8 Å². The maximum atomic E-state index is 13.0. The molecule has 3 N–H and O–H groups in total. The van der Waals surface area contributed by atoms with Crippen molar-refractivity contribution in [1.29, 1.82) is 0 Å². The molecular formula is C17H13N3O5S. The summed E-state index contributed by atoms with van der Waals surface area (Å²) in [5.74, 6) is 5.01. The van der Waals surface area contributed by atoms with Crippen molar-refractivity contribution in [2.75, 3.05) is 11.9 Å². The molecule has 0 saturated carbocycles. The zero-order valence-corrected chi connectivity index (χ0v) is 14.1. The molecule has 1 aromatic carbocycles. The van der Waals surface area contributed by atoms with Gasteiger partial charge in [-0.15, -0.1) is 0 Å². The first-order valence-corrected chi connectivity index (χ1v) is 8.79. The van der Waals surface area contributed by atoms with Crippen LogP contribution >= 0.6 is 0 Å². The van der Waals surface area contributed by atoms with Crippen LogP contribution in [0.5, 0.6) is 0 Å². The van der Waals surface area contributed by atoms with Crippen molar-refractivity contribution in [2.45, 2.75) is 4.90 Å². The molecule has 2 heterocycles. The number of aromatic nitrogens is 2. The van der Waals surface area contributed by atoms with Gasteiger partial charge in [-0.2, -0.15) is 0 Å². The maximum Gasteiger partial charge on any atom is 0.409 e. The van der Waals surface area contributed by atoms with Crippen molar-refractivity contribution in [3.8, 4) is 11.8 Å². The number of nitrogens with one attached hydrogen (secondary N) is 1. The Kier molecular flexibility index (Phi) is 4.62. The van der Waals surface area contributed by atoms with Gasteiger partial charge < -0.3 is 10.2 Å². The van der Waals surface area contributed by atoms with Crippen LogP contribution < -0.4 is 5.32 Å². The molecular weight excluding hydrogens is 358 g/mol. The molecule has 0 atom stereocenters. The number of hydrogen-bond acceptors (Lipinski definition) is 5. The first kappa shape index (κ1) is 17.5. The highest BCUT2D eigenvalue weighted by Crippen LogP contribution is 2.26. The molecule has 1 amide bonds. The van der Waals surface area contributed by atoms with E-state index in [0.717, 1.165) is 3.97 Å². The van der Waals surface area contributed by atoms with Crippen LogP contribution in [-0.4, -0.2) is 40.3 Å². The van der Waals surface area contributed by atoms with Gasteiger partial charge in [0, 0.05) is 5.39 Å². The average Bonchev–Trinajstić information content (AvgIpc) is 2.98. The van der Waals surface area contributed by atoms with Crippen LogP contribution in [0.2, 0.25) is 0 Å². The lowest BCUT2D eigenvalue weighted by atomic mass is 10.3. The van der Waals surface area contributed by atoms with E-state index >= 15 is 0 Å². The van der Waals surface area contributed by atoms with Crippen LogP contribution in [0.4, 0.5) is 10.5 Å². The number of carboxylic acid groups (broad SMARTS) is 1. The predicted molar refractivity (Wildman–Crippen MR) is 94.4 cm³/mol. The molecule has 0 aliphatic heterocycles. The van der Waals surface area contributed by atoms with E-state index in [4.69, 9.17) is 10.2 Å². The number of pyridine rings is 1.